The van der Waals surface area contributed by atoms with Crippen molar-refractivity contribution < 1.29 is 28.6 Å². The molecular formula is C26H37IN2O6Si. The number of benzene rings is 1. The Morgan fingerprint density at radius 3 is 2.53 bits per heavy atom. The van der Waals surface area contributed by atoms with Crippen LogP contribution in [0.4, 0.5) is 10.5 Å². The van der Waals surface area contributed by atoms with Gasteiger partial charge in [-0.2, -0.15) is 0 Å². The van der Waals surface area contributed by atoms with E-state index in [1.807, 2.05) is 19.1 Å². The Labute approximate surface area is 228 Å². The second-order valence-electron chi connectivity index (χ2n) is 10.5. The van der Waals surface area contributed by atoms with Crippen molar-refractivity contribution in [2.75, 3.05) is 23.0 Å². The van der Waals surface area contributed by atoms with E-state index < -0.39 is 26.7 Å². The molecule has 0 saturated heterocycles. The summed E-state index contributed by atoms with van der Waals surface area (Å²) in [7, 11) is -0.935. The second-order valence-corrected chi connectivity index (χ2v) is 16.4. The molecule has 3 rings (SSSR count). The number of anilines is 1. The molecule has 2 aliphatic heterocycles. The first kappa shape index (κ1) is 28.5. The van der Waals surface area contributed by atoms with Gasteiger partial charge < -0.3 is 23.9 Å². The van der Waals surface area contributed by atoms with Crippen LogP contribution in [0.1, 0.15) is 50.9 Å². The number of fused-ring (bicyclic) bond motifs is 2. The van der Waals surface area contributed by atoms with Gasteiger partial charge in [-0.25, -0.2) is 9.69 Å². The third-order valence-corrected chi connectivity index (χ3v) is 12.2. The number of methoxy groups -OCH3 is 1. The Balaban J connectivity index is 2.24. The first-order chi connectivity index (χ1) is 16.9. The minimum Gasteiger partial charge on any atom is -0.493 e. The number of nitrogens with zero attached hydrogens (tertiary/aromatic N) is 2. The van der Waals surface area contributed by atoms with Gasteiger partial charge in [0.05, 0.1) is 31.0 Å². The summed E-state index contributed by atoms with van der Waals surface area (Å²) >= 11 is 2.28. The van der Waals surface area contributed by atoms with Gasteiger partial charge in [-0.3, -0.25) is 4.79 Å². The highest BCUT2D eigenvalue weighted by Crippen LogP contribution is 2.45. The van der Waals surface area contributed by atoms with Crippen molar-refractivity contribution in [3.63, 3.8) is 0 Å². The van der Waals surface area contributed by atoms with Crippen molar-refractivity contribution in [1.29, 1.82) is 0 Å². The number of carbonyl (C=O) groups excluding carboxylic acids is 1. The predicted molar refractivity (Wildman–Crippen MR) is 152 cm³/mol. The molecule has 10 heteroatoms. The normalized spacial score (nSPS) is 20.2. The first-order valence-electron chi connectivity index (χ1n) is 12.1. The maximum atomic E-state index is 13.9. The molecule has 0 aliphatic carbocycles. The van der Waals surface area contributed by atoms with Crippen LogP contribution in [0.25, 0.3) is 0 Å². The van der Waals surface area contributed by atoms with Crippen molar-refractivity contribution in [2.45, 2.75) is 70.9 Å². The molecule has 0 spiro atoms. The zero-order valence-corrected chi connectivity index (χ0v) is 25.3. The van der Waals surface area contributed by atoms with Gasteiger partial charge in [0.1, 0.15) is 0 Å². The number of carboxylic acid groups (broad SMARTS) is 1. The molecule has 1 aromatic rings. The molecule has 198 valence electrons. The molecule has 1 N–H and O–H groups in total. The fraction of sp³-hybridized carbons (Fsp3) is 0.538. The largest absolute Gasteiger partial charge is 0.493 e. The van der Waals surface area contributed by atoms with Crippen molar-refractivity contribution in [2.24, 2.45) is 0 Å². The van der Waals surface area contributed by atoms with E-state index in [1.54, 1.807) is 23.2 Å². The molecule has 8 nitrogen and oxygen atoms in total. The van der Waals surface area contributed by atoms with Gasteiger partial charge in [0.25, 0.3) is 5.91 Å². The second kappa shape index (κ2) is 11.1. The van der Waals surface area contributed by atoms with E-state index in [0.29, 0.717) is 24.5 Å². The van der Waals surface area contributed by atoms with Gasteiger partial charge in [-0.15, -0.1) is 0 Å². The lowest BCUT2D eigenvalue weighted by molar-refractivity contribution is 0.0603. The van der Waals surface area contributed by atoms with Crippen LogP contribution in [0.2, 0.25) is 18.1 Å². The average molecular weight is 629 g/mol. The van der Waals surface area contributed by atoms with E-state index in [1.165, 1.54) is 12.0 Å². The molecule has 0 aromatic heterocycles. The average Bonchev–Trinajstić information content (AvgIpc) is 3.18. The summed E-state index contributed by atoms with van der Waals surface area (Å²) in [4.78, 5) is 29.6. The SMILES string of the molecule is C/C=C/C1=CN2C(=O)c3cc(OC)c(OCCCI)cc3N(C(=O)O)C(O[Si](C)(C)C(C)(C)C)C2C1. The van der Waals surface area contributed by atoms with Crippen molar-refractivity contribution >= 4 is 48.6 Å². The lowest BCUT2D eigenvalue weighted by Crippen LogP contribution is -2.57. The number of hydrogen-bond acceptors (Lipinski definition) is 5. The van der Waals surface area contributed by atoms with Gasteiger partial charge >= 0.3 is 6.09 Å². The van der Waals surface area contributed by atoms with Crippen molar-refractivity contribution in [1.82, 2.24) is 4.90 Å². The Morgan fingerprint density at radius 2 is 1.97 bits per heavy atom. The maximum Gasteiger partial charge on any atom is 0.414 e. The summed E-state index contributed by atoms with van der Waals surface area (Å²) in [6.45, 7) is 12.9. The van der Waals surface area contributed by atoms with Crippen LogP contribution in [0.5, 0.6) is 11.5 Å². The number of carbonyl (C=O) groups is 2. The standard InChI is InChI=1S/C26H37IN2O6Si/c1-8-10-17-13-20-24(35-36(6,7)26(2,3)4)29(25(31)32)19-15-22(34-12-9-11-27)21(33-5)14-18(19)23(30)28(20)16-17/h8,10,14-16,20,24H,9,11-13H2,1-7H3,(H,31,32)/b10-8+. The molecule has 2 amide bonds. The number of alkyl halides is 1. The third-order valence-electron chi connectivity index (χ3n) is 7.04. The smallest absolute Gasteiger partial charge is 0.414 e. The van der Waals surface area contributed by atoms with Gasteiger partial charge in [0, 0.05) is 16.7 Å². The molecule has 0 saturated carbocycles. The summed E-state index contributed by atoms with van der Waals surface area (Å²) in [6, 6.07) is 2.68. The molecule has 1 aromatic carbocycles. The Kier molecular flexibility index (Phi) is 8.82. The summed E-state index contributed by atoms with van der Waals surface area (Å²) in [5.74, 6) is 0.496. The van der Waals surface area contributed by atoms with Gasteiger partial charge in [0.15, 0.2) is 26.0 Å². The number of halogens is 1. The van der Waals surface area contributed by atoms with Crippen LogP contribution < -0.4 is 14.4 Å². The van der Waals surface area contributed by atoms with Crippen LogP contribution in [0.3, 0.4) is 0 Å². The van der Waals surface area contributed by atoms with E-state index in [-0.39, 0.29) is 22.2 Å². The highest BCUT2D eigenvalue weighted by molar-refractivity contribution is 14.1. The molecule has 2 atom stereocenters. The van der Waals surface area contributed by atoms with Gasteiger partial charge in [0.2, 0.25) is 0 Å². The monoisotopic (exact) mass is 628 g/mol. The van der Waals surface area contributed by atoms with Crippen LogP contribution in [-0.2, 0) is 4.43 Å². The summed E-state index contributed by atoms with van der Waals surface area (Å²) in [6.07, 6.45) is 4.92. The minimum atomic E-state index is -2.44. The van der Waals surface area contributed by atoms with E-state index >= 15 is 0 Å². The number of allylic oxidation sites excluding steroid dienone is 2. The fourth-order valence-electron chi connectivity index (χ4n) is 4.14. The van der Waals surface area contributed by atoms with Crippen molar-refractivity contribution in [3.05, 3.63) is 41.6 Å². The van der Waals surface area contributed by atoms with E-state index in [4.69, 9.17) is 13.9 Å². The van der Waals surface area contributed by atoms with Crippen molar-refractivity contribution in [3.8, 4) is 11.5 Å². The molecule has 0 radical (unpaired) electrons. The van der Waals surface area contributed by atoms with E-state index in [9.17, 15) is 14.7 Å². The maximum absolute atomic E-state index is 13.9. The van der Waals surface area contributed by atoms with Crippen LogP contribution in [0.15, 0.2) is 36.1 Å². The fourth-order valence-corrected chi connectivity index (χ4v) is 5.67. The quantitative estimate of drug-likeness (QED) is 0.155. The number of hydrogen-bond donors (Lipinski definition) is 1. The zero-order valence-electron chi connectivity index (χ0n) is 22.1. The number of amides is 2. The lowest BCUT2D eigenvalue weighted by atomic mass is 10.1. The lowest BCUT2D eigenvalue weighted by Gasteiger charge is -2.44. The van der Waals surface area contributed by atoms with Crippen LogP contribution >= 0.6 is 22.6 Å². The summed E-state index contributed by atoms with van der Waals surface area (Å²) < 4.78 is 19.2. The molecule has 2 aliphatic rings. The van der Waals surface area contributed by atoms with E-state index in [2.05, 4.69) is 56.5 Å². The van der Waals surface area contributed by atoms with Crippen LogP contribution in [-0.4, -0.2) is 60.7 Å². The predicted octanol–water partition coefficient (Wildman–Crippen LogP) is 6.42. The molecular weight excluding hydrogens is 591 g/mol. The summed E-state index contributed by atoms with van der Waals surface area (Å²) in [5, 5.41) is 10.4. The van der Waals surface area contributed by atoms with Crippen LogP contribution in [0, 0.1) is 0 Å². The Hall–Kier alpha value is -2.05. The Bertz CT molecular complexity index is 1070. The third kappa shape index (κ3) is 5.60. The minimum absolute atomic E-state index is 0.160. The molecule has 2 heterocycles. The Morgan fingerprint density at radius 1 is 1.28 bits per heavy atom. The molecule has 0 fully saturated rings. The highest BCUT2D eigenvalue weighted by Gasteiger charge is 2.50. The molecule has 2 unspecified atom stereocenters. The first-order valence-corrected chi connectivity index (χ1v) is 16.6. The molecule has 36 heavy (non-hydrogen) atoms. The summed E-state index contributed by atoms with van der Waals surface area (Å²) in [5.41, 5.74) is 1.43. The topological polar surface area (TPSA) is 88.5 Å². The molecule has 0 bridgehead atoms. The van der Waals surface area contributed by atoms with E-state index in [0.717, 1.165) is 16.4 Å². The highest BCUT2D eigenvalue weighted by atomic mass is 127. The number of ether oxygens (including phenoxy) is 2. The van der Waals surface area contributed by atoms with Gasteiger partial charge in [-0.05, 0) is 49.5 Å². The van der Waals surface area contributed by atoms with Gasteiger partial charge in [-0.1, -0.05) is 55.5 Å². The number of rotatable bonds is 8. The zero-order chi connectivity index (χ0) is 26.8.